The van der Waals surface area contributed by atoms with Gasteiger partial charge >= 0.3 is 0 Å². The summed E-state index contributed by atoms with van der Waals surface area (Å²) in [6, 6.07) is 10.1. The van der Waals surface area contributed by atoms with Crippen LogP contribution in [0.5, 0.6) is 0 Å². The Morgan fingerprint density at radius 1 is 1.09 bits per heavy atom. The lowest BCUT2D eigenvalue weighted by atomic mass is 9.77. The molecule has 6 heteroatoms. The second-order valence-electron chi connectivity index (χ2n) is 9.42. The molecule has 1 aromatic rings. The summed E-state index contributed by atoms with van der Waals surface area (Å²) in [6.07, 6.45) is 14.4. The molecular formula is C27H40N2O4. The third-order valence-corrected chi connectivity index (χ3v) is 6.95. The van der Waals surface area contributed by atoms with E-state index in [1.165, 1.54) is 18.4 Å². The van der Waals surface area contributed by atoms with Gasteiger partial charge in [0, 0.05) is 18.9 Å². The van der Waals surface area contributed by atoms with Gasteiger partial charge in [0.2, 0.25) is 11.8 Å². The number of carbonyl (C=O) groups excluding carboxylic acids is 2. The van der Waals surface area contributed by atoms with Gasteiger partial charge in [-0.25, -0.2) is 5.06 Å². The number of hydrogen-bond donors (Lipinski definition) is 2. The highest BCUT2D eigenvalue weighted by Gasteiger charge is 2.48. The van der Waals surface area contributed by atoms with Gasteiger partial charge in [-0.1, -0.05) is 62.2 Å². The number of nitrogens with zero attached hydrogens (tertiary/aromatic N) is 1. The predicted octanol–water partition coefficient (Wildman–Crippen LogP) is 4.66. The summed E-state index contributed by atoms with van der Waals surface area (Å²) in [5.41, 5.74) is 1.24. The van der Waals surface area contributed by atoms with Crippen LogP contribution >= 0.6 is 0 Å². The maximum Gasteiger partial charge on any atom is 0.246 e. The molecule has 2 N–H and O–H groups in total. The van der Waals surface area contributed by atoms with Crippen molar-refractivity contribution in [3.63, 3.8) is 0 Å². The number of ether oxygens (including phenoxy) is 1. The molecule has 1 aromatic carbocycles. The molecule has 0 radical (unpaired) electrons. The van der Waals surface area contributed by atoms with E-state index in [9.17, 15) is 14.8 Å². The van der Waals surface area contributed by atoms with E-state index in [1.807, 2.05) is 18.2 Å². The fourth-order valence-electron chi connectivity index (χ4n) is 5.06. The molecule has 2 fully saturated rings. The zero-order valence-electron chi connectivity index (χ0n) is 20.0. The van der Waals surface area contributed by atoms with Gasteiger partial charge in [-0.3, -0.25) is 14.8 Å². The normalized spacial score (nSPS) is 23.8. The molecule has 4 atom stereocenters. The van der Waals surface area contributed by atoms with Crippen molar-refractivity contribution in [2.24, 2.45) is 11.8 Å². The van der Waals surface area contributed by atoms with Gasteiger partial charge in [-0.05, 0) is 56.4 Å². The van der Waals surface area contributed by atoms with Crippen LogP contribution in [0.2, 0.25) is 0 Å². The van der Waals surface area contributed by atoms with Crippen molar-refractivity contribution in [3.8, 4) is 0 Å². The molecule has 2 saturated heterocycles. The van der Waals surface area contributed by atoms with Crippen molar-refractivity contribution >= 4 is 11.8 Å². The summed E-state index contributed by atoms with van der Waals surface area (Å²) in [4.78, 5) is 24.5. The fourth-order valence-corrected chi connectivity index (χ4v) is 5.06. The first-order chi connectivity index (χ1) is 16.1. The van der Waals surface area contributed by atoms with Crippen molar-refractivity contribution < 1.29 is 19.5 Å². The molecule has 33 heavy (non-hydrogen) atoms. The number of benzene rings is 1. The second-order valence-corrected chi connectivity index (χ2v) is 9.42. The average molecular weight is 457 g/mol. The van der Waals surface area contributed by atoms with Gasteiger partial charge in [0.15, 0.2) is 0 Å². The van der Waals surface area contributed by atoms with Crippen LogP contribution in [0.1, 0.15) is 70.3 Å². The molecule has 2 bridgehead atoms. The van der Waals surface area contributed by atoms with Crippen molar-refractivity contribution in [1.82, 2.24) is 10.4 Å². The standard InChI is InChI=1S/C27H40N2O4/c1-2-3-4-5-9-15-22-23(25-18-17-24(22)33-25)19-28-26(30)20-29(32)27(31)16-11-10-14-21-12-7-6-8-13-21/h5-9,12-13,22-25,32H,2-4,10-11,14-20H2,1H3,(H,28,30)/t22-,23+,24-,25+/m1/s1. The molecule has 2 aliphatic heterocycles. The Morgan fingerprint density at radius 3 is 2.61 bits per heavy atom. The van der Waals surface area contributed by atoms with Gasteiger partial charge in [0.05, 0.1) is 12.2 Å². The van der Waals surface area contributed by atoms with Crippen LogP contribution in [-0.4, -0.2) is 47.4 Å². The number of unbranched alkanes of at least 4 members (excludes halogenated alkanes) is 3. The molecule has 2 heterocycles. The molecule has 3 rings (SSSR count). The molecule has 0 unspecified atom stereocenters. The van der Waals surface area contributed by atoms with E-state index in [4.69, 9.17) is 4.74 Å². The Hall–Kier alpha value is -2.18. The molecule has 0 saturated carbocycles. The van der Waals surface area contributed by atoms with E-state index in [-0.39, 0.29) is 25.0 Å². The average Bonchev–Trinajstić information content (AvgIpc) is 3.43. The topological polar surface area (TPSA) is 78.9 Å². The molecule has 2 aliphatic rings. The highest BCUT2D eigenvalue weighted by atomic mass is 16.5. The first kappa shape index (κ1) is 25.4. The number of aryl methyl sites for hydroxylation is 1. The van der Waals surface area contributed by atoms with E-state index in [0.29, 0.717) is 36.0 Å². The number of allylic oxidation sites excluding steroid dienone is 2. The van der Waals surface area contributed by atoms with E-state index in [2.05, 4.69) is 36.5 Å². The molecule has 182 valence electrons. The Labute approximate surface area is 198 Å². The Kier molecular flexibility index (Phi) is 10.4. The van der Waals surface area contributed by atoms with Crippen LogP contribution in [0, 0.1) is 11.8 Å². The van der Waals surface area contributed by atoms with Crippen LogP contribution < -0.4 is 5.32 Å². The number of nitrogens with one attached hydrogen (secondary N) is 1. The summed E-state index contributed by atoms with van der Waals surface area (Å²) in [6.45, 7) is 2.41. The number of rotatable bonds is 14. The van der Waals surface area contributed by atoms with E-state index >= 15 is 0 Å². The van der Waals surface area contributed by atoms with E-state index < -0.39 is 5.91 Å². The smallest absolute Gasteiger partial charge is 0.246 e. The Balaban J connectivity index is 1.34. The minimum absolute atomic E-state index is 0.209. The van der Waals surface area contributed by atoms with Gasteiger partial charge in [-0.15, -0.1) is 0 Å². The van der Waals surface area contributed by atoms with Crippen molar-refractivity contribution in [2.75, 3.05) is 13.1 Å². The van der Waals surface area contributed by atoms with Gasteiger partial charge in [0.25, 0.3) is 0 Å². The van der Waals surface area contributed by atoms with Crippen LogP contribution in [-0.2, 0) is 20.7 Å². The lowest BCUT2D eigenvalue weighted by Crippen LogP contribution is -2.43. The second kappa shape index (κ2) is 13.5. The fraction of sp³-hybridized carbons (Fsp3) is 0.630. The Morgan fingerprint density at radius 2 is 1.85 bits per heavy atom. The number of hydroxylamine groups is 2. The van der Waals surface area contributed by atoms with Crippen LogP contribution in [0.3, 0.4) is 0 Å². The highest BCUT2D eigenvalue weighted by molar-refractivity contribution is 5.83. The maximum atomic E-state index is 12.4. The van der Waals surface area contributed by atoms with Crippen molar-refractivity contribution in [1.29, 1.82) is 0 Å². The molecule has 6 nitrogen and oxygen atoms in total. The SMILES string of the molecule is CCCCC=CC[C@@H]1[C@H](CNC(=O)CN(O)C(=O)CCCCc2ccccc2)[C@@H]2CC[C@H]1O2. The summed E-state index contributed by atoms with van der Waals surface area (Å²) in [5.74, 6) is -0.00512. The largest absolute Gasteiger partial charge is 0.374 e. The molecule has 0 aromatic heterocycles. The van der Waals surface area contributed by atoms with Crippen molar-refractivity contribution in [2.45, 2.75) is 83.3 Å². The highest BCUT2D eigenvalue weighted by Crippen LogP contribution is 2.44. The zero-order valence-corrected chi connectivity index (χ0v) is 20.0. The van der Waals surface area contributed by atoms with Gasteiger partial charge < -0.3 is 10.1 Å². The minimum Gasteiger partial charge on any atom is -0.374 e. The number of hydrogen-bond acceptors (Lipinski definition) is 4. The number of fused-ring (bicyclic) bond motifs is 2. The molecule has 0 aliphatic carbocycles. The summed E-state index contributed by atoms with van der Waals surface area (Å²) >= 11 is 0. The summed E-state index contributed by atoms with van der Waals surface area (Å²) in [5, 5.41) is 13.5. The first-order valence-corrected chi connectivity index (χ1v) is 12.7. The van der Waals surface area contributed by atoms with Crippen LogP contribution in [0.15, 0.2) is 42.5 Å². The summed E-state index contributed by atoms with van der Waals surface area (Å²) < 4.78 is 6.12. The minimum atomic E-state index is -0.406. The monoisotopic (exact) mass is 456 g/mol. The number of amides is 2. The molecule has 2 amide bonds. The summed E-state index contributed by atoms with van der Waals surface area (Å²) in [7, 11) is 0. The van der Waals surface area contributed by atoms with E-state index in [0.717, 1.165) is 38.5 Å². The lowest BCUT2D eigenvalue weighted by Gasteiger charge is -2.27. The van der Waals surface area contributed by atoms with Gasteiger partial charge in [-0.2, -0.15) is 0 Å². The maximum absolute atomic E-state index is 12.4. The number of carbonyl (C=O) groups is 2. The van der Waals surface area contributed by atoms with Crippen LogP contribution in [0.25, 0.3) is 0 Å². The Bertz CT molecular complexity index is 767. The third-order valence-electron chi connectivity index (χ3n) is 6.95. The molecular weight excluding hydrogens is 416 g/mol. The van der Waals surface area contributed by atoms with Gasteiger partial charge in [0.1, 0.15) is 6.54 Å². The molecule has 0 spiro atoms. The first-order valence-electron chi connectivity index (χ1n) is 12.7. The predicted molar refractivity (Wildman–Crippen MR) is 129 cm³/mol. The third kappa shape index (κ3) is 7.97. The van der Waals surface area contributed by atoms with Crippen LogP contribution in [0.4, 0.5) is 0 Å². The lowest BCUT2D eigenvalue weighted by molar-refractivity contribution is -0.168. The quantitative estimate of drug-likeness (QED) is 0.185. The van der Waals surface area contributed by atoms with Crippen molar-refractivity contribution in [3.05, 3.63) is 48.0 Å². The zero-order chi connectivity index (χ0) is 23.5. The van der Waals surface area contributed by atoms with E-state index in [1.54, 1.807) is 0 Å².